The second kappa shape index (κ2) is 5.59. The fourth-order valence-electron chi connectivity index (χ4n) is 7.17. The molecule has 0 amide bonds. The van der Waals surface area contributed by atoms with E-state index in [1.165, 1.54) is 12.2 Å². The molecule has 170 valence electrons. The summed E-state index contributed by atoms with van der Waals surface area (Å²) in [4.78, 5) is 53.1. The Kier molecular flexibility index (Phi) is 3.55. The van der Waals surface area contributed by atoms with Crippen LogP contribution in [0.5, 0.6) is 0 Å². The van der Waals surface area contributed by atoms with Crippen LogP contribution < -0.4 is 0 Å². The highest BCUT2D eigenvalue weighted by molar-refractivity contribution is 6.04. The molecule has 3 saturated heterocycles. The van der Waals surface area contributed by atoms with E-state index in [4.69, 9.17) is 18.9 Å². The van der Waals surface area contributed by atoms with Gasteiger partial charge in [0.2, 0.25) is 6.29 Å². The molecule has 6 aliphatic rings. The first kappa shape index (κ1) is 20.3. The third-order valence-electron chi connectivity index (χ3n) is 8.96. The number of allylic oxidation sites excluding steroid dienone is 1. The number of carbonyl (C=O) groups is 4. The van der Waals surface area contributed by atoms with Gasteiger partial charge in [-0.3, -0.25) is 14.4 Å². The molecular formula is C24H26O8. The van der Waals surface area contributed by atoms with E-state index in [0.717, 1.165) is 0 Å². The van der Waals surface area contributed by atoms with Gasteiger partial charge in [0.25, 0.3) is 0 Å². The van der Waals surface area contributed by atoms with E-state index < -0.39 is 64.1 Å². The maximum Gasteiger partial charge on any atom is 0.332 e. The van der Waals surface area contributed by atoms with Gasteiger partial charge in [0.05, 0.1) is 12.0 Å². The molecule has 4 fully saturated rings. The van der Waals surface area contributed by atoms with Crippen LogP contribution in [0, 0.1) is 28.6 Å². The molecular weight excluding hydrogens is 416 g/mol. The smallest absolute Gasteiger partial charge is 0.332 e. The Labute approximate surface area is 185 Å². The van der Waals surface area contributed by atoms with Crippen molar-refractivity contribution in [2.75, 3.05) is 6.61 Å². The lowest BCUT2D eigenvalue weighted by molar-refractivity contribution is -0.221. The van der Waals surface area contributed by atoms with Crippen molar-refractivity contribution in [3.8, 4) is 0 Å². The second-order valence-electron chi connectivity index (χ2n) is 11.0. The molecule has 0 bridgehead atoms. The molecule has 4 heterocycles. The van der Waals surface area contributed by atoms with Crippen LogP contribution in [0.3, 0.4) is 0 Å². The maximum absolute atomic E-state index is 14.0. The predicted molar refractivity (Wildman–Crippen MR) is 107 cm³/mol. The van der Waals surface area contributed by atoms with Gasteiger partial charge in [0.15, 0.2) is 11.6 Å². The Hall–Kier alpha value is -2.32. The van der Waals surface area contributed by atoms with Crippen LogP contribution in [0.1, 0.15) is 41.0 Å². The van der Waals surface area contributed by atoms with Gasteiger partial charge in [-0.15, -0.1) is 0 Å². The van der Waals surface area contributed by atoms with Crippen molar-refractivity contribution in [1.29, 1.82) is 0 Å². The van der Waals surface area contributed by atoms with E-state index in [0.29, 0.717) is 24.2 Å². The first-order valence-corrected chi connectivity index (χ1v) is 11.1. The molecule has 4 aliphatic heterocycles. The lowest BCUT2D eigenvalue weighted by Gasteiger charge is -2.56. The quantitative estimate of drug-likeness (QED) is 0.412. The molecule has 0 N–H and O–H groups in total. The van der Waals surface area contributed by atoms with Crippen molar-refractivity contribution >= 4 is 23.5 Å². The molecule has 0 aromatic carbocycles. The predicted octanol–water partition coefficient (Wildman–Crippen LogP) is 1.66. The molecule has 1 saturated carbocycles. The Morgan fingerprint density at radius 1 is 1.00 bits per heavy atom. The van der Waals surface area contributed by atoms with Crippen molar-refractivity contribution in [3.63, 3.8) is 0 Å². The minimum absolute atomic E-state index is 0.198. The molecule has 32 heavy (non-hydrogen) atoms. The molecule has 8 heteroatoms. The Morgan fingerprint density at radius 2 is 1.69 bits per heavy atom. The molecule has 6 rings (SSSR count). The zero-order valence-electron chi connectivity index (χ0n) is 18.7. The topological polar surface area (TPSA) is 108 Å². The summed E-state index contributed by atoms with van der Waals surface area (Å²) in [5.41, 5.74) is -2.88. The highest BCUT2D eigenvalue weighted by atomic mass is 16.7. The number of rotatable bonds is 0. The van der Waals surface area contributed by atoms with Gasteiger partial charge >= 0.3 is 11.9 Å². The summed E-state index contributed by atoms with van der Waals surface area (Å²) in [6, 6.07) is 0. The minimum atomic E-state index is -1.15. The van der Waals surface area contributed by atoms with Gasteiger partial charge in [-0.2, -0.15) is 0 Å². The van der Waals surface area contributed by atoms with Crippen LogP contribution in [0.25, 0.3) is 0 Å². The van der Waals surface area contributed by atoms with Crippen LogP contribution in [-0.4, -0.2) is 53.7 Å². The number of ketones is 2. The molecule has 0 unspecified atom stereocenters. The number of epoxide rings is 1. The number of hydrogen-bond acceptors (Lipinski definition) is 8. The summed E-state index contributed by atoms with van der Waals surface area (Å²) in [7, 11) is 0. The van der Waals surface area contributed by atoms with Gasteiger partial charge in [0.1, 0.15) is 17.3 Å². The van der Waals surface area contributed by atoms with E-state index in [1.54, 1.807) is 27.7 Å². The SMILES string of the molecule is C[C@@H]1O[C@@H]2OC(=O)[C@]3(C)C[C@H]4[C@](C)(C(=O)C=C5C(=CC(=O)OC5(C)C)[C@@]45CO5)[C@H](C1=O)[C@@H]23. The highest BCUT2D eigenvalue weighted by Crippen LogP contribution is 2.69. The van der Waals surface area contributed by atoms with E-state index in [1.807, 2.05) is 6.92 Å². The second-order valence-corrected chi connectivity index (χ2v) is 11.0. The summed E-state index contributed by atoms with van der Waals surface area (Å²) in [5.74, 6) is -3.14. The third kappa shape index (κ3) is 2.11. The van der Waals surface area contributed by atoms with Crippen LogP contribution in [0.15, 0.2) is 23.3 Å². The van der Waals surface area contributed by atoms with Gasteiger partial charge in [0, 0.05) is 40.4 Å². The van der Waals surface area contributed by atoms with Crippen molar-refractivity contribution in [2.24, 2.45) is 28.6 Å². The molecule has 0 radical (unpaired) electrons. The van der Waals surface area contributed by atoms with Gasteiger partial charge in [-0.25, -0.2) is 4.79 Å². The minimum Gasteiger partial charge on any atom is -0.452 e. The zero-order chi connectivity index (χ0) is 23.0. The molecule has 0 aromatic rings. The molecule has 0 aromatic heterocycles. The van der Waals surface area contributed by atoms with Gasteiger partial charge < -0.3 is 18.9 Å². The van der Waals surface area contributed by atoms with E-state index in [2.05, 4.69) is 0 Å². The largest absolute Gasteiger partial charge is 0.452 e. The van der Waals surface area contributed by atoms with Crippen molar-refractivity contribution in [3.05, 3.63) is 23.3 Å². The maximum atomic E-state index is 14.0. The summed E-state index contributed by atoms with van der Waals surface area (Å²) >= 11 is 0. The van der Waals surface area contributed by atoms with Gasteiger partial charge in [-0.05, 0) is 40.2 Å². The van der Waals surface area contributed by atoms with E-state index >= 15 is 0 Å². The van der Waals surface area contributed by atoms with Crippen LogP contribution >= 0.6 is 0 Å². The number of cyclic esters (lactones) is 1. The Bertz CT molecular complexity index is 1080. The third-order valence-corrected chi connectivity index (χ3v) is 8.96. The summed E-state index contributed by atoms with van der Waals surface area (Å²) in [6.45, 7) is 9.04. The van der Waals surface area contributed by atoms with Crippen molar-refractivity contribution < 1.29 is 38.1 Å². The van der Waals surface area contributed by atoms with Crippen LogP contribution in [0.4, 0.5) is 0 Å². The van der Waals surface area contributed by atoms with Crippen LogP contribution in [0.2, 0.25) is 0 Å². The van der Waals surface area contributed by atoms with Crippen LogP contribution in [-0.2, 0) is 38.1 Å². The van der Waals surface area contributed by atoms with Crippen molar-refractivity contribution in [2.45, 2.75) is 64.6 Å². The first-order valence-electron chi connectivity index (χ1n) is 11.1. The summed E-state index contributed by atoms with van der Waals surface area (Å²) in [5, 5.41) is 0. The molecule has 1 spiro atoms. The Balaban J connectivity index is 1.62. The average Bonchev–Trinajstić information content (AvgIpc) is 3.45. The lowest BCUT2D eigenvalue weighted by Crippen LogP contribution is -2.65. The molecule has 8 nitrogen and oxygen atoms in total. The zero-order valence-corrected chi connectivity index (χ0v) is 18.7. The fourth-order valence-corrected chi connectivity index (χ4v) is 7.17. The highest BCUT2D eigenvalue weighted by Gasteiger charge is 2.77. The summed E-state index contributed by atoms with van der Waals surface area (Å²) < 4.78 is 23.0. The number of fused-ring (bicyclic) bond motifs is 5. The van der Waals surface area contributed by atoms with E-state index in [-0.39, 0.29) is 11.6 Å². The van der Waals surface area contributed by atoms with E-state index in [9.17, 15) is 19.2 Å². The van der Waals surface area contributed by atoms with Gasteiger partial charge in [-0.1, -0.05) is 6.92 Å². The lowest BCUT2D eigenvalue weighted by atomic mass is 9.45. The average molecular weight is 442 g/mol. The number of ether oxygens (including phenoxy) is 4. The number of hydrogen-bond donors (Lipinski definition) is 0. The summed E-state index contributed by atoms with van der Waals surface area (Å²) in [6.07, 6.45) is 1.58. The Morgan fingerprint density at radius 3 is 2.34 bits per heavy atom. The molecule has 8 atom stereocenters. The standard InChI is InChI=1S/C24H26O8/c1-10-18(27)16-17-19(30-10)31-20(28)22(17,4)8-13-23(16,5)14(25)6-11-12(24(13)9-29-24)7-15(26)32-21(11,2)3/h6-7,10,13,16-17,19H,8-9H2,1-5H3/t10-,13-,16-,17-,19+,22+,23+,24-/m0/s1. The fraction of sp³-hybridized carbons (Fsp3) is 0.667. The first-order chi connectivity index (χ1) is 14.9. The number of esters is 2. The monoisotopic (exact) mass is 442 g/mol. The van der Waals surface area contributed by atoms with Crippen molar-refractivity contribution in [1.82, 2.24) is 0 Å². The number of carbonyl (C=O) groups excluding carboxylic acids is 4. The molecule has 2 aliphatic carbocycles. The number of Topliss-reactive ketones (excluding diaryl/α,β-unsaturated/α-hetero) is 1. The normalized spacial score (nSPS) is 50.3.